The van der Waals surface area contributed by atoms with Crippen molar-refractivity contribution in [2.45, 2.75) is 24.2 Å². The maximum absolute atomic E-state index is 11.9. The van der Waals surface area contributed by atoms with Gasteiger partial charge in [-0.25, -0.2) is 24.0 Å². The Balaban J connectivity index is 1.71. The second-order valence-corrected chi connectivity index (χ2v) is 6.56. The number of nitrogens with one attached hydrogen (secondary N) is 2. The van der Waals surface area contributed by atoms with Gasteiger partial charge in [0.25, 0.3) is 0 Å². The fourth-order valence-corrected chi connectivity index (χ4v) is 2.64. The molecule has 7 nitrogen and oxygen atoms in total. The van der Waals surface area contributed by atoms with Crippen LogP contribution in [-0.2, 0) is 14.8 Å². The Labute approximate surface area is 118 Å². The third-order valence-electron chi connectivity index (χ3n) is 3.00. The van der Waals surface area contributed by atoms with E-state index in [-0.39, 0.29) is 4.90 Å². The van der Waals surface area contributed by atoms with Gasteiger partial charge in [-0.15, -0.1) is 0 Å². The molecule has 8 heteroatoms. The van der Waals surface area contributed by atoms with E-state index in [0.717, 1.165) is 12.5 Å². The highest BCUT2D eigenvalue weighted by molar-refractivity contribution is 7.89. The molecule has 1 fully saturated rings. The minimum Gasteiger partial charge on any atom is -0.381 e. The average Bonchev–Trinajstić information content (AvgIpc) is 3.27. The minimum absolute atomic E-state index is 0.121. The van der Waals surface area contributed by atoms with E-state index in [1.165, 1.54) is 31.2 Å². The van der Waals surface area contributed by atoms with Crippen molar-refractivity contribution in [2.75, 3.05) is 25.2 Å². The van der Waals surface area contributed by atoms with Crippen molar-refractivity contribution in [3.05, 3.63) is 18.3 Å². The summed E-state index contributed by atoms with van der Waals surface area (Å²) in [6.45, 7) is 1.72. The van der Waals surface area contributed by atoms with Gasteiger partial charge in [0.15, 0.2) is 0 Å². The molecule has 0 spiro atoms. The standard InChI is InChI=1S/C12H20N4O3S/c13-16-12-5-4-11(8-14-12)20(17,18)15-6-1-7-19-9-10-2-3-10/h4-5,8,10,15H,1-3,6-7,9,13H2,(H,14,16). The molecule has 112 valence electrons. The Hall–Kier alpha value is -1.22. The highest BCUT2D eigenvalue weighted by Crippen LogP contribution is 2.28. The summed E-state index contributed by atoms with van der Waals surface area (Å²) >= 11 is 0. The van der Waals surface area contributed by atoms with Gasteiger partial charge in [0.2, 0.25) is 10.0 Å². The van der Waals surface area contributed by atoms with Gasteiger partial charge in [0.1, 0.15) is 10.7 Å². The third-order valence-corrected chi connectivity index (χ3v) is 4.45. The van der Waals surface area contributed by atoms with E-state index in [4.69, 9.17) is 10.6 Å². The van der Waals surface area contributed by atoms with Gasteiger partial charge in [0, 0.05) is 26.0 Å². The van der Waals surface area contributed by atoms with Crippen molar-refractivity contribution in [2.24, 2.45) is 11.8 Å². The van der Waals surface area contributed by atoms with Crippen molar-refractivity contribution in [3.8, 4) is 0 Å². The number of sulfonamides is 1. The molecule has 4 N–H and O–H groups in total. The molecule has 1 aromatic rings. The molecule has 0 saturated heterocycles. The molecular formula is C12H20N4O3S. The number of hydrogen-bond acceptors (Lipinski definition) is 6. The van der Waals surface area contributed by atoms with Crippen molar-refractivity contribution < 1.29 is 13.2 Å². The highest BCUT2D eigenvalue weighted by atomic mass is 32.2. The summed E-state index contributed by atoms with van der Waals surface area (Å²) in [6.07, 6.45) is 4.43. The molecule has 0 unspecified atom stereocenters. The van der Waals surface area contributed by atoms with Crippen LogP contribution in [0.5, 0.6) is 0 Å². The quantitative estimate of drug-likeness (QED) is 0.347. The van der Waals surface area contributed by atoms with Crippen LogP contribution < -0.4 is 16.0 Å². The molecule has 1 saturated carbocycles. The van der Waals surface area contributed by atoms with E-state index in [2.05, 4.69) is 15.1 Å². The van der Waals surface area contributed by atoms with Crippen LogP contribution in [0.15, 0.2) is 23.2 Å². The first-order chi connectivity index (χ1) is 9.62. The number of hydrogen-bond donors (Lipinski definition) is 3. The summed E-state index contributed by atoms with van der Waals surface area (Å²) in [4.78, 5) is 3.99. The normalized spacial score (nSPS) is 15.2. The first-order valence-corrected chi connectivity index (χ1v) is 8.10. The van der Waals surface area contributed by atoms with Gasteiger partial charge >= 0.3 is 0 Å². The first kappa shape index (κ1) is 15.2. The fourth-order valence-electron chi connectivity index (χ4n) is 1.62. The summed E-state index contributed by atoms with van der Waals surface area (Å²) in [5, 5.41) is 0. The van der Waals surface area contributed by atoms with E-state index in [0.29, 0.717) is 25.4 Å². The van der Waals surface area contributed by atoms with Crippen molar-refractivity contribution in [3.63, 3.8) is 0 Å². The molecule has 2 rings (SSSR count). The van der Waals surface area contributed by atoms with E-state index >= 15 is 0 Å². The number of pyridine rings is 1. The number of nitrogen functional groups attached to an aromatic ring is 1. The summed E-state index contributed by atoms with van der Waals surface area (Å²) in [6, 6.07) is 2.96. The maximum atomic E-state index is 11.9. The molecule has 0 aromatic carbocycles. The van der Waals surface area contributed by atoms with Crippen LogP contribution >= 0.6 is 0 Å². The summed E-state index contributed by atoms with van der Waals surface area (Å²) < 4.78 is 31.8. The summed E-state index contributed by atoms with van der Waals surface area (Å²) in [5.41, 5.74) is 2.34. The molecule has 1 aliphatic carbocycles. The Morgan fingerprint density at radius 1 is 1.40 bits per heavy atom. The zero-order valence-electron chi connectivity index (χ0n) is 11.2. The SMILES string of the molecule is NNc1ccc(S(=O)(=O)NCCCOCC2CC2)cn1. The second kappa shape index (κ2) is 6.98. The van der Waals surface area contributed by atoms with Gasteiger partial charge in [-0.1, -0.05) is 0 Å². The maximum Gasteiger partial charge on any atom is 0.242 e. The second-order valence-electron chi connectivity index (χ2n) is 4.79. The lowest BCUT2D eigenvalue weighted by Crippen LogP contribution is -2.26. The molecule has 20 heavy (non-hydrogen) atoms. The zero-order valence-corrected chi connectivity index (χ0v) is 12.0. The number of nitrogens with two attached hydrogens (primary N) is 1. The largest absolute Gasteiger partial charge is 0.381 e. The van der Waals surface area contributed by atoms with E-state index in [9.17, 15) is 8.42 Å². The van der Waals surface area contributed by atoms with Gasteiger partial charge in [-0.05, 0) is 37.3 Å². The number of ether oxygens (including phenoxy) is 1. The Bertz CT molecular complexity index is 514. The molecule has 0 amide bonds. The number of anilines is 1. The van der Waals surface area contributed by atoms with Crippen molar-refractivity contribution in [1.82, 2.24) is 9.71 Å². The Kier molecular flexibility index (Phi) is 5.30. The number of hydrazine groups is 1. The molecule has 0 bridgehead atoms. The van der Waals surface area contributed by atoms with Crippen LogP contribution in [0.25, 0.3) is 0 Å². The lowest BCUT2D eigenvalue weighted by Gasteiger charge is -2.07. The first-order valence-electron chi connectivity index (χ1n) is 6.62. The van der Waals surface area contributed by atoms with E-state index in [1.54, 1.807) is 0 Å². The fraction of sp³-hybridized carbons (Fsp3) is 0.583. The number of nitrogens with zero attached hydrogens (tertiary/aromatic N) is 1. The molecule has 1 heterocycles. The molecule has 0 radical (unpaired) electrons. The zero-order chi connectivity index (χ0) is 14.4. The molecule has 0 atom stereocenters. The van der Waals surface area contributed by atoms with Crippen LogP contribution in [0, 0.1) is 5.92 Å². The molecular weight excluding hydrogens is 280 g/mol. The third kappa shape index (κ3) is 4.71. The molecule has 0 aliphatic heterocycles. The lowest BCUT2D eigenvalue weighted by molar-refractivity contribution is 0.123. The highest BCUT2D eigenvalue weighted by Gasteiger charge is 2.21. The predicted molar refractivity (Wildman–Crippen MR) is 75.4 cm³/mol. The number of rotatable bonds is 9. The van der Waals surface area contributed by atoms with Crippen molar-refractivity contribution >= 4 is 15.8 Å². The van der Waals surface area contributed by atoms with Gasteiger partial charge in [-0.3, -0.25) is 0 Å². The van der Waals surface area contributed by atoms with Crippen LogP contribution in [0.2, 0.25) is 0 Å². The molecule has 1 aliphatic rings. The smallest absolute Gasteiger partial charge is 0.242 e. The van der Waals surface area contributed by atoms with E-state index < -0.39 is 10.0 Å². The van der Waals surface area contributed by atoms with Crippen LogP contribution in [0.4, 0.5) is 5.82 Å². The van der Waals surface area contributed by atoms with Crippen LogP contribution in [-0.4, -0.2) is 33.2 Å². The van der Waals surface area contributed by atoms with Gasteiger partial charge < -0.3 is 10.2 Å². The lowest BCUT2D eigenvalue weighted by atomic mass is 10.4. The van der Waals surface area contributed by atoms with Gasteiger partial charge in [0.05, 0.1) is 0 Å². The summed E-state index contributed by atoms with van der Waals surface area (Å²) in [5.74, 6) is 6.31. The monoisotopic (exact) mass is 300 g/mol. The van der Waals surface area contributed by atoms with Crippen molar-refractivity contribution in [1.29, 1.82) is 0 Å². The molecule has 1 aromatic heterocycles. The van der Waals surface area contributed by atoms with E-state index in [1.807, 2.05) is 0 Å². The van der Waals surface area contributed by atoms with Crippen LogP contribution in [0.3, 0.4) is 0 Å². The summed E-state index contributed by atoms with van der Waals surface area (Å²) in [7, 11) is -3.51. The Morgan fingerprint density at radius 3 is 2.80 bits per heavy atom. The average molecular weight is 300 g/mol. The Morgan fingerprint density at radius 2 is 2.20 bits per heavy atom. The van der Waals surface area contributed by atoms with Crippen LogP contribution in [0.1, 0.15) is 19.3 Å². The predicted octanol–water partition coefficient (Wildman–Crippen LogP) is 0.462. The number of aromatic nitrogens is 1. The topological polar surface area (TPSA) is 106 Å². The minimum atomic E-state index is -3.51. The van der Waals surface area contributed by atoms with Gasteiger partial charge in [-0.2, -0.15) is 0 Å².